The van der Waals surface area contributed by atoms with Crippen LogP contribution in [0.3, 0.4) is 0 Å². The standard InChI is InChI=1S/C9H23ClN3O3/c1-5-6-9(7-14)12(2)13(3,15-4)11-16-8-10/h9,11,14H,5-8H2,1-4H3/q+1. The van der Waals surface area contributed by atoms with E-state index >= 15 is 0 Å². The van der Waals surface area contributed by atoms with Gasteiger partial charge in [0.05, 0.1) is 12.6 Å². The van der Waals surface area contributed by atoms with Gasteiger partial charge in [0.2, 0.25) is 0 Å². The van der Waals surface area contributed by atoms with Gasteiger partial charge in [0.15, 0.2) is 0 Å². The number of aliphatic hydroxyl groups excluding tert-OH is 1. The fourth-order valence-corrected chi connectivity index (χ4v) is 1.46. The third-order valence-corrected chi connectivity index (χ3v) is 2.72. The van der Waals surface area contributed by atoms with Crippen LogP contribution in [0, 0.1) is 0 Å². The number of alkyl halides is 1. The van der Waals surface area contributed by atoms with Gasteiger partial charge in [-0.15, -0.1) is 0 Å². The van der Waals surface area contributed by atoms with Gasteiger partial charge < -0.3 is 5.11 Å². The Labute approximate surface area is 102 Å². The van der Waals surface area contributed by atoms with Crippen LogP contribution in [0.1, 0.15) is 19.8 Å². The maximum atomic E-state index is 9.31. The van der Waals surface area contributed by atoms with Crippen molar-refractivity contribution in [3.8, 4) is 0 Å². The molecule has 6 nitrogen and oxygen atoms in total. The number of hydroxylamine groups is 1. The zero-order valence-electron chi connectivity index (χ0n) is 10.4. The van der Waals surface area contributed by atoms with Gasteiger partial charge in [0, 0.05) is 12.6 Å². The molecule has 0 saturated carbocycles. The van der Waals surface area contributed by atoms with Gasteiger partial charge in [-0.3, -0.25) is 0 Å². The molecule has 2 atom stereocenters. The molecule has 0 bridgehead atoms. The van der Waals surface area contributed by atoms with Gasteiger partial charge in [0.25, 0.3) is 0 Å². The zero-order chi connectivity index (χ0) is 12.6. The molecule has 0 rings (SSSR count). The monoisotopic (exact) mass is 256 g/mol. The molecule has 0 heterocycles. The minimum Gasteiger partial charge on any atom is -0.395 e. The van der Waals surface area contributed by atoms with Crippen LogP contribution in [-0.2, 0) is 9.68 Å². The first-order valence-electron chi connectivity index (χ1n) is 5.27. The average Bonchev–Trinajstić information content (AvgIpc) is 2.32. The predicted molar refractivity (Wildman–Crippen MR) is 61.7 cm³/mol. The van der Waals surface area contributed by atoms with Crippen molar-refractivity contribution in [3.63, 3.8) is 0 Å². The molecule has 0 aliphatic rings. The van der Waals surface area contributed by atoms with Gasteiger partial charge in [-0.25, -0.2) is 4.84 Å². The summed E-state index contributed by atoms with van der Waals surface area (Å²) in [5, 5.41) is 11.1. The highest BCUT2D eigenvalue weighted by Gasteiger charge is 2.35. The molecule has 0 aliphatic carbocycles. The summed E-state index contributed by atoms with van der Waals surface area (Å²) in [4.78, 5) is 10.1. The number of halogens is 1. The summed E-state index contributed by atoms with van der Waals surface area (Å²) in [5.41, 5.74) is 2.67. The first-order valence-corrected chi connectivity index (χ1v) is 5.80. The second-order valence-electron chi connectivity index (χ2n) is 3.61. The second kappa shape index (κ2) is 8.19. The molecule has 2 unspecified atom stereocenters. The fourth-order valence-electron chi connectivity index (χ4n) is 1.42. The van der Waals surface area contributed by atoms with E-state index in [1.54, 1.807) is 14.2 Å². The van der Waals surface area contributed by atoms with Crippen LogP contribution < -0.4 is 5.59 Å². The molecule has 0 spiro atoms. The van der Waals surface area contributed by atoms with Crippen molar-refractivity contribution in [2.24, 2.45) is 0 Å². The van der Waals surface area contributed by atoms with E-state index in [9.17, 15) is 5.11 Å². The summed E-state index contributed by atoms with van der Waals surface area (Å²) in [5.74, 6) is 0. The van der Waals surface area contributed by atoms with E-state index in [1.165, 1.54) is 0 Å². The molecule has 7 heteroatoms. The summed E-state index contributed by atoms with van der Waals surface area (Å²) >= 11 is 5.43. The minimum atomic E-state index is -0.113. The highest BCUT2D eigenvalue weighted by molar-refractivity contribution is 6.17. The van der Waals surface area contributed by atoms with E-state index in [2.05, 4.69) is 12.5 Å². The van der Waals surface area contributed by atoms with E-state index in [-0.39, 0.29) is 23.6 Å². The maximum absolute atomic E-state index is 9.31. The Morgan fingerprint density at radius 1 is 1.56 bits per heavy atom. The Kier molecular flexibility index (Phi) is 8.21. The molecule has 16 heavy (non-hydrogen) atoms. The Morgan fingerprint density at radius 3 is 2.56 bits per heavy atom. The first-order chi connectivity index (χ1) is 7.55. The molecule has 0 aromatic rings. The summed E-state index contributed by atoms with van der Waals surface area (Å²) in [6.07, 6.45) is 1.85. The molecule has 98 valence electrons. The van der Waals surface area contributed by atoms with Crippen LogP contribution >= 0.6 is 11.6 Å². The normalized spacial score (nSPS) is 17.4. The molecule has 0 aromatic carbocycles. The molecular weight excluding hydrogens is 234 g/mol. The quantitative estimate of drug-likeness (QED) is 0.360. The molecular formula is C9H23ClN3O3+. The molecule has 0 amide bonds. The lowest BCUT2D eigenvalue weighted by Crippen LogP contribution is -2.66. The third kappa shape index (κ3) is 4.50. The van der Waals surface area contributed by atoms with Crippen LogP contribution in [-0.4, -0.2) is 54.9 Å². The fraction of sp³-hybridized carbons (Fsp3) is 1.00. The summed E-state index contributed by atoms with van der Waals surface area (Å²) in [6, 6.07) is 0.00386. The largest absolute Gasteiger partial charge is 0.395 e. The van der Waals surface area contributed by atoms with E-state index in [4.69, 9.17) is 21.3 Å². The van der Waals surface area contributed by atoms with Crippen molar-refractivity contribution >= 4 is 11.6 Å². The van der Waals surface area contributed by atoms with E-state index < -0.39 is 0 Å². The van der Waals surface area contributed by atoms with Crippen LogP contribution in [0.5, 0.6) is 0 Å². The molecule has 0 aliphatic heterocycles. The Morgan fingerprint density at radius 2 is 2.19 bits per heavy atom. The van der Waals surface area contributed by atoms with Crippen molar-refractivity contribution in [2.75, 3.05) is 33.9 Å². The minimum absolute atomic E-state index is 0.0126. The Hall–Kier alpha value is 0.0500. The maximum Gasteiger partial charge on any atom is 0.147 e. The van der Waals surface area contributed by atoms with E-state index in [0.717, 1.165) is 12.8 Å². The van der Waals surface area contributed by atoms with Crippen molar-refractivity contribution < 1.29 is 19.6 Å². The van der Waals surface area contributed by atoms with Crippen LogP contribution in [0.25, 0.3) is 0 Å². The number of likely N-dealkylation sites (N-methyl/N-ethyl adjacent to an activating group) is 1. The summed E-state index contributed by atoms with van der Waals surface area (Å²) in [6.45, 7) is 2.13. The lowest BCUT2D eigenvalue weighted by Gasteiger charge is -2.38. The first kappa shape index (κ1) is 16.1. The number of hydrogen-bond acceptors (Lipinski definition) is 5. The smallest absolute Gasteiger partial charge is 0.147 e. The van der Waals surface area contributed by atoms with Gasteiger partial charge in [-0.1, -0.05) is 30.0 Å². The Balaban J connectivity index is 4.51. The van der Waals surface area contributed by atoms with Gasteiger partial charge in [0.1, 0.15) is 20.2 Å². The zero-order valence-corrected chi connectivity index (χ0v) is 11.2. The number of quaternary nitrogens is 1. The SMILES string of the molecule is CCCC(CO)N(C)[N+](C)(NOCCl)OC. The van der Waals surface area contributed by atoms with Gasteiger partial charge in [-0.05, 0) is 11.3 Å². The number of aliphatic hydroxyl groups is 1. The van der Waals surface area contributed by atoms with Crippen LogP contribution in [0.15, 0.2) is 0 Å². The predicted octanol–water partition coefficient (Wildman–Crippen LogP) is 0.635. The van der Waals surface area contributed by atoms with Gasteiger partial charge in [-0.2, -0.15) is 4.84 Å². The van der Waals surface area contributed by atoms with E-state index in [1.807, 2.05) is 12.1 Å². The third-order valence-electron chi connectivity index (χ3n) is 2.61. The van der Waals surface area contributed by atoms with E-state index in [0.29, 0.717) is 0 Å². The number of rotatable bonds is 9. The number of nitrogens with one attached hydrogen (secondary N) is 1. The van der Waals surface area contributed by atoms with Crippen molar-refractivity contribution in [1.29, 1.82) is 0 Å². The lowest BCUT2D eigenvalue weighted by atomic mass is 10.2. The summed E-state index contributed by atoms with van der Waals surface area (Å²) in [7, 11) is 5.14. The molecule has 2 N–H and O–H groups in total. The van der Waals surface area contributed by atoms with Crippen LogP contribution in [0.2, 0.25) is 0 Å². The summed E-state index contributed by atoms with van der Waals surface area (Å²) < 4.78 is 0. The van der Waals surface area contributed by atoms with Crippen molar-refractivity contribution in [2.45, 2.75) is 25.8 Å². The number of hydrogen-bond donors (Lipinski definition) is 2. The molecule has 0 fully saturated rings. The molecule has 0 radical (unpaired) electrons. The van der Waals surface area contributed by atoms with Crippen molar-refractivity contribution in [3.05, 3.63) is 0 Å². The van der Waals surface area contributed by atoms with Crippen LogP contribution in [0.4, 0.5) is 0 Å². The second-order valence-corrected chi connectivity index (χ2v) is 3.82. The topological polar surface area (TPSA) is 54.0 Å². The lowest BCUT2D eigenvalue weighted by molar-refractivity contribution is -1.22. The van der Waals surface area contributed by atoms with Gasteiger partial charge >= 0.3 is 0 Å². The highest BCUT2D eigenvalue weighted by atomic mass is 35.5. The highest BCUT2D eigenvalue weighted by Crippen LogP contribution is 2.12. The molecule has 0 aromatic heterocycles. The van der Waals surface area contributed by atoms with Crippen molar-refractivity contribution in [1.82, 2.24) is 10.6 Å². The molecule has 0 saturated heterocycles. The Bertz CT molecular complexity index is 187. The number of nitrogens with zero attached hydrogens (tertiary/aromatic N) is 2. The average molecular weight is 257 g/mol.